The van der Waals surface area contributed by atoms with Crippen molar-refractivity contribution in [1.82, 2.24) is 0 Å². The van der Waals surface area contributed by atoms with Crippen LogP contribution in [0.2, 0.25) is 5.02 Å². The molecule has 0 aliphatic heterocycles. The van der Waals surface area contributed by atoms with E-state index >= 15 is 0 Å². The van der Waals surface area contributed by atoms with Crippen LogP contribution in [-0.2, 0) is 4.74 Å². The Morgan fingerprint density at radius 3 is 2.42 bits per heavy atom. The molecule has 0 aliphatic carbocycles. The van der Waals surface area contributed by atoms with Gasteiger partial charge in [-0.15, -0.1) is 0 Å². The van der Waals surface area contributed by atoms with Crippen molar-refractivity contribution < 1.29 is 9.53 Å². The summed E-state index contributed by atoms with van der Waals surface area (Å²) in [6.07, 6.45) is 4.19. The number of carbonyl (C=O) groups excluding carboxylic acids is 1. The lowest BCUT2D eigenvalue weighted by Gasteiger charge is -2.22. The highest BCUT2D eigenvalue weighted by atomic mass is 35.5. The highest BCUT2D eigenvalue weighted by Crippen LogP contribution is 2.19. The van der Waals surface area contributed by atoms with Crippen LogP contribution < -0.4 is 4.90 Å². The summed E-state index contributed by atoms with van der Waals surface area (Å²) in [5.41, 5.74) is 0.833. The molecular weight excluding hydrogens is 262 g/mol. The first-order valence-electron chi connectivity index (χ1n) is 6.88. The molecule has 1 amide bonds. The van der Waals surface area contributed by atoms with Gasteiger partial charge in [-0.1, -0.05) is 37.8 Å². The molecule has 0 N–H and O–H groups in total. The van der Waals surface area contributed by atoms with Gasteiger partial charge in [0.15, 0.2) is 0 Å². The lowest BCUT2D eigenvalue weighted by molar-refractivity contribution is 0.159. The SMILES string of the molecule is CCCCCCN(C(=O)OCC)c1ccc(Cl)cc1. The summed E-state index contributed by atoms with van der Waals surface area (Å²) in [7, 11) is 0. The van der Waals surface area contributed by atoms with Crippen molar-refractivity contribution in [3.63, 3.8) is 0 Å². The maximum Gasteiger partial charge on any atom is 0.414 e. The van der Waals surface area contributed by atoms with Crippen LogP contribution in [0.1, 0.15) is 39.5 Å². The molecule has 1 aromatic carbocycles. The van der Waals surface area contributed by atoms with Crippen molar-refractivity contribution >= 4 is 23.4 Å². The smallest absolute Gasteiger partial charge is 0.414 e. The molecule has 4 heteroatoms. The van der Waals surface area contributed by atoms with Gasteiger partial charge < -0.3 is 4.74 Å². The number of amides is 1. The Balaban J connectivity index is 2.68. The van der Waals surface area contributed by atoms with E-state index in [1.165, 1.54) is 12.8 Å². The van der Waals surface area contributed by atoms with Crippen molar-refractivity contribution in [2.45, 2.75) is 39.5 Å². The largest absolute Gasteiger partial charge is 0.449 e. The van der Waals surface area contributed by atoms with Gasteiger partial charge in [0.1, 0.15) is 0 Å². The van der Waals surface area contributed by atoms with E-state index in [2.05, 4.69) is 6.92 Å². The summed E-state index contributed by atoms with van der Waals surface area (Å²) in [4.78, 5) is 13.6. The maximum absolute atomic E-state index is 12.0. The minimum Gasteiger partial charge on any atom is -0.449 e. The molecule has 0 saturated carbocycles. The second kappa shape index (κ2) is 8.81. The molecular formula is C15H22ClNO2. The van der Waals surface area contributed by atoms with Crippen LogP contribution >= 0.6 is 11.6 Å². The van der Waals surface area contributed by atoms with Gasteiger partial charge in [0, 0.05) is 17.3 Å². The third kappa shape index (κ3) is 5.52. The molecule has 19 heavy (non-hydrogen) atoms. The number of carbonyl (C=O) groups is 1. The average molecular weight is 284 g/mol. The maximum atomic E-state index is 12.0. The highest BCUT2D eigenvalue weighted by Gasteiger charge is 2.16. The lowest BCUT2D eigenvalue weighted by atomic mass is 10.2. The summed E-state index contributed by atoms with van der Waals surface area (Å²) >= 11 is 5.87. The normalized spacial score (nSPS) is 10.3. The Morgan fingerprint density at radius 2 is 1.84 bits per heavy atom. The summed E-state index contributed by atoms with van der Waals surface area (Å²) < 4.78 is 5.10. The van der Waals surface area contributed by atoms with Crippen LogP contribution in [0.25, 0.3) is 0 Å². The van der Waals surface area contributed by atoms with Crippen LogP contribution in [-0.4, -0.2) is 19.2 Å². The standard InChI is InChI=1S/C15H22ClNO2/c1-3-5-6-7-12-17(15(18)19-4-2)14-10-8-13(16)9-11-14/h8-11H,3-7,12H2,1-2H3. The molecule has 0 aromatic heterocycles. The van der Waals surface area contributed by atoms with E-state index in [0.717, 1.165) is 18.5 Å². The van der Waals surface area contributed by atoms with E-state index < -0.39 is 0 Å². The van der Waals surface area contributed by atoms with Crippen LogP contribution in [0, 0.1) is 0 Å². The Bertz CT molecular complexity index is 378. The monoisotopic (exact) mass is 283 g/mol. The van der Waals surface area contributed by atoms with Crippen LogP contribution in [0.4, 0.5) is 10.5 Å². The highest BCUT2D eigenvalue weighted by molar-refractivity contribution is 6.30. The number of hydrogen-bond acceptors (Lipinski definition) is 2. The molecule has 0 radical (unpaired) electrons. The van der Waals surface area contributed by atoms with E-state index in [0.29, 0.717) is 18.2 Å². The van der Waals surface area contributed by atoms with Gasteiger partial charge in [0.05, 0.1) is 6.61 Å². The number of anilines is 1. The number of ether oxygens (including phenoxy) is 1. The van der Waals surface area contributed by atoms with Crippen molar-refractivity contribution in [2.75, 3.05) is 18.1 Å². The second-order valence-corrected chi connectivity index (χ2v) is 4.82. The van der Waals surface area contributed by atoms with E-state index in [9.17, 15) is 4.79 Å². The Morgan fingerprint density at radius 1 is 1.16 bits per heavy atom. The molecule has 1 aromatic rings. The van der Waals surface area contributed by atoms with Crippen LogP contribution in [0.5, 0.6) is 0 Å². The van der Waals surface area contributed by atoms with Gasteiger partial charge in [0.2, 0.25) is 0 Å². The minimum absolute atomic E-state index is 0.290. The van der Waals surface area contributed by atoms with Crippen molar-refractivity contribution in [1.29, 1.82) is 0 Å². The zero-order valence-corrected chi connectivity index (χ0v) is 12.4. The first-order valence-corrected chi connectivity index (χ1v) is 7.26. The molecule has 0 fully saturated rings. The van der Waals surface area contributed by atoms with Gasteiger partial charge in [-0.05, 0) is 37.6 Å². The fraction of sp³-hybridized carbons (Fsp3) is 0.533. The fourth-order valence-electron chi connectivity index (χ4n) is 1.84. The summed E-state index contributed by atoms with van der Waals surface area (Å²) in [6, 6.07) is 7.27. The number of benzene rings is 1. The molecule has 0 atom stereocenters. The number of hydrogen-bond donors (Lipinski definition) is 0. The third-order valence-electron chi connectivity index (χ3n) is 2.86. The predicted octanol–water partition coefficient (Wildman–Crippen LogP) is 4.88. The number of rotatable bonds is 7. The Labute approximate surface area is 120 Å². The van der Waals surface area contributed by atoms with Gasteiger partial charge in [-0.3, -0.25) is 4.90 Å². The Kier molecular flexibility index (Phi) is 7.34. The van der Waals surface area contributed by atoms with Gasteiger partial charge >= 0.3 is 6.09 Å². The van der Waals surface area contributed by atoms with Crippen LogP contribution in [0.15, 0.2) is 24.3 Å². The number of halogens is 1. The summed E-state index contributed by atoms with van der Waals surface area (Å²) in [6.45, 7) is 5.05. The third-order valence-corrected chi connectivity index (χ3v) is 3.11. The zero-order chi connectivity index (χ0) is 14.1. The zero-order valence-electron chi connectivity index (χ0n) is 11.7. The average Bonchev–Trinajstić information content (AvgIpc) is 2.40. The Hall–Kier alpha value is -1.22. The molecule has 0 unspecified atom stereocenters. The summed E-state index contributed by atoms with van der Waals surface area (Å²) in [5.74, 6) is 0. The number of unbranched alkanes of at least 4 members (excludes halogenated alkanes) is 3. The first kappa shape index (κ1) is 15.8. The lowest BCUT2D eigenvalue weighted by Crippen LogP contribution is -2.32. The van der Waals surface area contributed by atoms with E-state index in [-0.39, 0.29) is 6.09 Å². The van der Waals surface area contributed by atoms with Crippen molar-refractivity contribution in [3.8, 4) is 0 Å². The molecule has 0 aliphatic rings. The van der Waals surface area contributed by atoms with Crippen molar-refractivity contribution in [2.24, 2.45) is 0 Å². The number of nitrogens with zero attached hydrogens (tertiary/aromatic N) is 1. The molecule has 106 valence electrons. The molecule has 0 saturated heterocycles. The van der Waals surface area contributed by atoms with E-state index in [4.69, 9.17) is 16.3 Å². The van der Waals surface area contributed by atoms with E-state index in [1.54, 1.807) is 17.0 Å². The molecule has 0 bridgehead atoms. The van der Waals surface area contributed by atoms with E-state index in [1.807, 2.05) is 19.1 Å². The van der Waals surface area contributed by atoms with Gasteiger partial charge in [0.25, 0.3) is 0 Å². The van der Waals surface area contributed by atoms with Gasteiger partial charge in [-0.25, -0.2) is 4.79 Å². The summed E-state index contributed by atoms with van der Waals surface area (Å²) in [5, 5.41) is 0.665. The van der Waals surface area contributed by atoms with Crippen LogP contribution in [0.3, 0.4) is 0 Å². The molecule has 3 nitrogen and oxygen atoms in total. The minimum atomic E-state index is -0.290. The first-order chi connectivity index (χ1) is 9.19. The fourth-order valence-corrected chi connectivity index (χ4v) is 1.97. The van der Waals surface area contributed by atoms with Crippen molar-refractivity contribution in [3.05, 3.63) is 29.3 Å². The second-order valence-electron chi connectivity index (χ2n) is 4.39. The van der Waals surface area contributed by atoms with Gasteiger partial charge in [-0.2, -0.15) is 0 Å². The predicted molar refractivity (Wildman–Crippen MR) is 80.0 cm³/mol. The quantitative estimate of drug-likeness (QED) is 0.667. The molecule has 1 rings (SSSR count). The topological polar surface area (TPSA) is 29.5 Å². The molecule has 0 heterocycles. The molecule has 0 spiro atoms.